The largest absolute Gasteiger partial charge is 0.411 e. The highest BCUT2D eigenvalue weighted by Crippen LogP contribution is 2.15. The lowest BCUT2D eigenvalue weighted by Gasteiger charge is -2.21. The molecule has 0 amide bonds. The van der Waals surface area contributed by atoms with Crippen molar-refractivity contribution in [3.63, 3.8) is 0 Å². The highest BCUT2D eigenvalue weighted by atomic mass is 16.5. The Hall–Kier alpha value is -0.830. The van der Waals surface area contributed by atoms with E-state index in [1.54, 1.807) is 0 Å². The maximum atomic E-state index is 8.67. The summed E-state index contributed by atoms with van der Waals surface area (Å²) < 4.78 is 5.29. The molecule has 0 saturated carbocycles. The summed E-state index contributed by atoms with van der Waals surface area (Å²) in [4.78, 5) is 0. The van der Waals surface area contributed by atoms with E-state index in [4.69, 9.17) is 9.94 Å². The first kappa shape index (κ1) is 9.26. The third-order valence-corrected chi connectivity index (χ3v) is 2.08. The Morgan fingerprint density at radius 1 is 1.75 bits per heavy atom. The third kappa shape index (κ3) is 2.34. The maximum absolute atomic E-state index is 8.67. The van der Waals surface area contributed by atoms with E-state index in [2.05, 4.69) is 11.2 Å². The quantitative estimate of drug-likeness (QED) is 0.389. The molecule has 1 rings (SSSR count). The zero-order chi connectivity index (χ0) is 8.81. The first-order valence-corrected chi connectivity index (χ1v) is 4.28. The fraction of sp³-hybridized carbons (Fsp3) is 0.667. The van der Waals surface area contributed by atoms with Crippen LogP contribution >= 0.6 is 0 Å². The fourth-order valence-electron chi connectivity index (χ4n) is 1.34. The van der Waals surface area contributed by atoms with Gasteiger partial charge in [0.15, 0.2) is 0 Å². The topological polar surface area (TPSA) is 41.8 Å². The van der Waals surface area contributed by atoms with Crippen LogP contribution in [0.3, 0.4) is 0 Å². The SMILES string of the molecule is CC=CCC1COCCC1=NO. The lowest BCUT2D eigenvalue weighted by Crippen LogP contribution is -2.27. The van der Waals surface area contributed by atoms with Gasteiger partial charge < -0.3 is 9.94 Å². The Labute approximate surface area is 72.7 Å². The maximum Gasteiger partial charge on any atom is 0.0650 e. The molecule has 0 spiro atoms. The summed E-state index contributed by atoms with van der Waals surface area (Å²) in [6.45, 7) is 3.36. The van der Waals surface area contributed by atoms with Crippen LogP contribution in [0, 0.1) is 5.92 Å². The van der Waals surface area contributed by atoms with Crippen LogP contribution in [0.4, 0.5) is 0 Å². The van der Waals surface area contributed by atoms with Crippen LogP contribution < -0.4 is 0 Å². The summed E-state index contributed by atoms with van der Waals surface area (Å²) in [5.41, 5.74) is 0.874. The van der Waals surface area contributed by atoms with Crippen molar-refractivity contribution < 1.29 is 9.94 Å². The van der Waals surface area contributed by atoms with Gasteiger partial charge in [0.25, 0.3) is 0 Å². The summed E-state index contributed by atoms with van der Waals surface area (Å²) in [5.74, 6) is 0.278. The first-order valence-electron chi connectivity index (χ1n) is 4.28. The normalized spacial score (nSPS) is 28.4. The van der Waals surface area contributed by atoms with E-state index in [1.165, 1.54) is 0 Å². The van der Waals surface area contributed by atoms with Gasteiger partial charge in [-0.2, -0.15) is 0 Å². The Morgan fingerprint density at radius 2 is 2.58 bits per heavy atom. The smallest absolute Gasteiger partial charge is 0.0650 e. The average Bonchev–Trinajstić information content (AvgIpc) is 2.15. The minimum Gasteiger partial charge on any atom is -0.411 e. The van der Waals surface area contributed by atoms with Crippen LogP contribution in [-0.4, -0.2) is 24.1 Å². The molecule has 3 nitrogen and oxygen atoms in total. The Morgan fingerprint density at radius 3 is 3.25 bits per heavy atom. The second-order valence-corrected chi connectivity index (χ2v) is 2.92. The molecular formula is C9H15NO2. The van der Waals surface area contributed by atoms with Crippen molar-refractivity contribution in [2.45, 2.75) is 19.8 Å². The number of allylic oxidation sites excluding steroid dienone is 2. The van der Waals surface area contributed by atoms with Crippen LogP contribution in [0.2, 0.25) is 0 Å². The molecule has 0 aromatic carbocycles. The molecule has 0 bridgehead atoms. The van der Waals surface area contributed by atoms with E-state index in [0.29, 0.717) is 13.2 Å². The summed E-state index contributed by atoms with van der Waals surface area (Å²) in [5, 5.41) is 12.0. The second kappa shape index (κ2) is 4.93. The van der Waals surface area contributed by atoms with Gasteiger partial charge in [0, 0.05) is 12.3 Å². The predicted octanol–water partition coefficient (Wildman–Crippen LogP) is 1.82. The minimum atomic E-state index is 0.278. The van der Waals surface area contributed by atoms with E-state index in [9.17, 15) is 0 Å². The first-order chi connectivity index (χ1) is 5.88. The number of hydrogen-bond donors (Lipinski definition) is 1. The summed E-state index contributed by atoms with van der Waals surface area (Å²) >= 11 is 0. The molecule has 0 aliphatic carbocycles. The zero-order valence-corrected chi connectivity index (χ0v) is 7.36. The van der Waals surface area contributed by atoms with Crippen molar-refractivity contribution in [1.29, 1.82) is 0 Å². The van der Waals surface area contributed by atoms with Crippen LogP contribution in [-0.2, 0) is 4.74 Å². The van der Waals surface area contributed by atoms with E-state index >= 15 is 0 Å². The van der Waals surface area contributed by atoms with Gasteiger partial charge in [-0.05, 0) is 13.3 Å². The van der Waals surface area contributed by atoms with Gasteiger partial charge in [-0.15, -0.1) is 0 Å². The molecule has 0 aromatic rings. The number of rotatable bonds is 2. The second-order valence-electron chi connectivity index (χ2n) is 2.92. The third-order valence-electron chi connectivity index (χ3n) is 2.08. The van der Waals surface area contributed by atoms with Crippen LogP contribution in [0.1, 0.15) is 19.8 Å². The lowest BCUT2D eigenvalue weighted by molar-refractivity contribution is 0.103. The number of hydrogen-bond acceptors (Lipinski definition) is 3. The van der Waals surface area contributed by atoms with Gasteiger partial charge in [0.2, 0.25) is 0 Å². The number of ether oxygens (including phenoxy) is 1. The Bertz CT molecular complexity index is 187. The summed E-state index contributed by atoms with van der Waals surface area (Å²) in [7, 11) is 0. The summed E-state index contributed by atoms with van der Waals surface area (Å²) in [6.07, 6.45) is 5.75. The number of oxime groups is 1. The van der Waals surface area contributed by atoms with E-state index in [-0.39, 0.29) is 5.92 Å². The number of nitrogens with zero attached hydrogens (tertiary/aromatic N) is 1. The van der Waals surface area contributed by atoms with Crippen molar-refractivity contribution in [3.8, 4) is 0 Å². The van der Waals surface area contributed by atoms with Gasteiger partial charge in [0.1, 0.15) is 0 Å². The standard InChI is InChI=1S/C9H15NO2/c1-2-3-4-8-7-12-6-5-9(8)10-11/h2-3,8,11H,4-7H2,1H3. The Balaban J connectivity index is 2.47. The summed E-state index contributed by atoms with van der Waals surface area (Å²) in [6, 6.07) is 0. The molecule has 1 aliphatic rings. The monoisotopic (exact) mass is 169 g/mol. The molecule has 1 atom stereocenters. The van der Waals surface area contributed by atoms with E-state index in [1.807, 2.05) is 13.0 Å². The lowest BCUT2D eigenvalue weighted by atomic mass is 9.96. The fourth-order valence-corrected chi connectivity index (χ4v) is 1.34. The molecule has 1 heterocycles. The van der Waals surface area contributed by atoms with Gasteiger partial charge in [-0.1, -0.05) is 17.3 Å². The molecule has 1 unspecified atom stereocenters. The van der Waals surface area contributed by atoms with Crippen LogP contribution in [0.25, 0.3) is 0 Å². The molecule has 3 heteroatoms. The van der Waals surface area contributed by atoms with Crippen molar-refractivity contribution in [1.82, 2.24) is 0 Å². The molecule has 12 heavy (non-hydrogen) atoms. The molecule has 68 valence electrons. The Kier molecular flexibility index (Phi) is 3.80. The highest BCUT2D eigenvalue weighted by molar-refractivity contribution is 5.87. The molecule has 1 aliphatic heterocycles. The van der Waals surface area contributed by atoms with Gasteiger partial charge >= 0.3 is 0 Å². The van der Waals surface area contributed by atoms with Crippen molar-refractivity contribution >= 4 is 5.71 Å². The van der Waals surface area contributed by atoms with Crippen LogP contribution in [0.15, 0.2) is 17.3 Å². The zero-order valence-electron chi connectivity index (χ0n) is 7.36. The molecular weight excluding hydrogens is 154 g/mol. The average molecular weight is 169 g/mol. The van der Waals surface area contributed by atoms with E-state index in [0.717, 1.165) is 18.6 Å². The van der Waals surface area contributed by atoms with Crippen LogP contribution in [0.5, 0.6) is 0 Å². The molecule has 0 radical (unpaired) electrons. The van der Waals surface area contributed by atoms with Crippen molar-refractivity contribution in [3.05, 3.63) is 12.2 Å². The van der Waals surface area contributed by atoms with Crippen molar-refractivity contribution in [2.24, 2.45) is 11.1 Å². The molecule has 1 saturated heterocycles. The molecule has 0 aromatic heterocycles. The molecule has 1 N–H and O–H groups in total. The highest BCUT2D eigenvalue weighted by Gasteiger charge is 2.19. The minimum absolute atomic E-state index is 0.278. The predicted molar refractivity (Wildman–Crippen MR) is 47.6 cm³/mol. The van der Waals surface area contributed by atoms with Gasteiger partial charge in [-0.25, -0.2) is 0 Å². The van der Waals surface area contributed by atoms with Gasteiger partial charge in [0.05, 0.1) is 18.9 Å². The van der Waals surface area contributed by atoms with Crippen molar-refractivity contribution in [2.75, 3.05) is 13.2 Å². The molecule has 1 fully saturated rings. The van der Waals surface area contributed by atoms with Gasteiger partial charge in [-0.3, -0.25) is 0 Å². The van der Waals surface area contributed by atoms with E-state index < -0.39 is 0 Å².